The summed E-state index contributed by atoms with van der Waals surface area (Å²) >= 11 is 0. The molecule has 120 valence electrons. The van der Waals surface area contributed by atoms with Crippen LogP contribution in [-0.2, 0) is 22.4 Å². The number of amides is 1. The van der Waals surface area contributed by atoms with Crippen LogP contribution in [0.2, 0.25) is 0 Å². The molecule has 1 aliphatic carbocycles. The molecule has 1 fully saturated rings. The molecule has 0 bridgehead atoms. The molecule has 0 heterocycles. The van der Waals surface area contributed by atoms with E-state index in [4.69, 9.17) is 5.11 Å². The average Bonchev–Trinajstić information content (AvgIpc) is 2.55. The number of aliphatic carboxylic acids is 1. The molecule has 2 rings (SSSR count). The van der Waals surface area contributed by atoms with E-state index in [2.05, 4.69) is 36.5 Å². The Kier molecular flexibility index (Phi) is 5.99. The minimum atomic E-state index is -0.770. The molecule has 0 aromatic heterocycles. The number of carbonyl (C=O) groups is 2. The second kappa shape index (κ2) is 7.97. The molecule has 4 heteroatoms. The van der Waals surface area contributed by atoms with Crippen LogP contribution in [0.3, 0.4) is 0 Å². The minimum absolute atomic E-state index is 0.0103. The second-order valence-electron chi connectivity index (χ2n) is 6.11. The number of nitrogens with one attached hydrogen (secondary N) is 1. The summed E-state index contributed by atoms with van der Waals surface area (Å²) in [6.45, 7) is 2.74. The summed E-state index contributed by atoms with van der Waals surface area (Å²) in [4.78, 5) is 23.2. The first-order valence-electron chi connectivity index (χ1n) is 8.18. The van der Waals surface area contributed by atoms with Crippen molar-refractivity contribution in [3.63, 3.8) is 0 Å². The molecule has 4 nitrogen and oxygen atoms in total. The minimum Gasteiger partial charge on any atom is -0.481 e. The standard InChI is InChI=1S/C18H25NO3/c1-2-13-6-8-14(9-7-13)10-11-19-17(20)15-4-3-5-16(12-15)18(21)22/h6-9,15-16H,2-5,10-12H2,1H3,(H,19,20)(H,21,22). The predicted molar refractivity (Wildman–Crippen MR) is 85.6 cm³/mol. The molecule has 1 saturated carbocycles. The predicted octanol–water partition coefficient (Wildman–Crippen LogP) is 2.80. The van der Waals surface area contributed by atoms with Gasteiger partial charge >= 0.3 is 5.97 Å². The molecule has 0 radical (unpaired) electrons. The van der Waals surface area contributed by atoms with Crippen LogP contribution in [0.1, 0.15) is 43.7 Å². The lowest BCUT2D eigenvalue weighted by atomic mass is 9.81. The normalized spacial score (nSPS) is 21.3. The summed E-state index contributed by atoms with van der Waals surface area (Å²) in [5, 5.41) is 12.0. The van der Waals surface area contributed by atoms with E-state index in [1.165, 1.54) is 11.1 Å². The van der Waals surface area contributed by atoms with E-state index < -0.39 is 5.97 Å². The van der Waals surface area contributed by atoms with Crippen molar-refractivity contribution < 1.29 is 14.7 Å². The molecule has 0 aliphatic heterocycles. The third kappa shape index (κ3) is 4.58. The van der Waals surface area contributed by atoms with Crippen LogP contribution in [0.15, 0.2) is 24.3 Å². The van der Waals surface area contributed by atoms with Gasteiger partial charge in [0, 0.05) is 12.5 Å². The fourth-order valence-corrected chi connectivity index (χ4v) is 3.07. The fourth-order valence-electron chi connectivity index (χ4n) is 3.07. The van der Waals surface area contributed by atoms with Crippen LogP contribution in [-0.4, -0.2) is 23.5 Å². The van der Waals surface area contributed by atoms with Crippen molar-refractivity contribution in [3.05, 3.63) is 35.4 Å². The van der Waals surface area contributed by atoms with Crippen LogP contribution in [0.25, 0.3) is 0 Å². The Morgan fingerprint density at radius 2 is 1.77 bits per heavy atom. The van der Waals surface area contributed by atoms with Crippen LogP contribution in [0.5, 0.6) is 0 Å². The number of hydrogen-bond donors (Lipinski definition) is 2. The van der Waals surface area contributed by atoms with Crippen molar-refractivity contribution in [2.75, 3.05) is 6.54 Å². The van der Waals surface area contributed by atoms with Crippen molar-refractivity contribution in [1.82, 2.24) is 5.32 Å². The number of hydrogen-bond acceptors (Lipinski definition) is 2. The lowest BCUT2D eigenvalue weighted by molar-refractivity contribution is -0.144. The summed E-state index contributed by atoms with van der Waals surface area (Å²) in [5.74, 6) is -1.26. The van der Waals surface area contributed by atoms with Crippen molar-refractivity contribution in [3.8, 4) is 0 Å². The molecule has 0 spiro atoms. The number of aryl methyl sites for hydroxylation is 1. The van der Waals surface area contributed by atoms with Gasteiger partial charge in [-0.15, -0.1) is 0 Å². The maximum Gasteiger partial charge on any atom is 0.306 e. The van der Waals surface area contributed by atoms with Gasteiger partial charge < -0.3 is 10.4 Å². The molecular weight excluding hydrogens is 278 g/mol. The Hall–Kier alpha value is -1.84. The van der Waals surface area contributed by atoms with Crippen LogP contribution < -0.4 is 5.32 Å². The fraction of sp³-hybridized carbons (Fsp3) is 0.556. The Morgan fingerprint density at radius 3 is 2.41 bits per heavy atom. The largest absolute Gasteiger partial charge is 0.481 e. The average molecular weight is 303 g/mol. The summed E-state index contributed by atoms with van der Waals surface area (Å²) in [6, 6.07) is 8.45. The van der Waals surface area contributed by atoms with Crippen LogP contribution in [0.4, 0.5) is 0 Å². The molecule has 22 heavy (non-hydrogen) atoms. The van der Waals surface area contributed by atoms with Gasteiger partial charge in [-0.1, -0.05) is 37.6 Å². The van der Waals surface area contributed by atoms with E-state index >= 15 is 0 Å². The molecule has 1 amide bonds. The van der Waals surface area contributed by atoms with Gasteiger partial charge in [0.15, 0.2) is 0 Å². The highest BCUT2D eigenvalue weighted by molar-refractivity contribution is 5.80. The van der Waals surface area contributed by atoms with Gasteiger partial charge in [0.25, 0.3) is 0 Å². The number of carbonyl (C=O) groups excluding carboxylic acids is 1. The first-order chi connectivity index (χ1) is 10.6. The van der Waals surface area contributed by atoms with Crippen LogP contribution in [0, 0.1) is 11.8 Å². The maximum atomic E-state index is 12.2. The Morgan fingerprint density at radius 1 is 1.14 bits per heavy atom. The zero-order valence-corrected chi connectivity index (χ0v) is 13.2. The molecular formula is C18H25NO3. The summed E-state index contributed by atoms with van der Waals surface area (Å²) < 4.78 is 0. The third-order valence-corrected chi connectivity index (χ3v) is 4.54. The van der Waals surface area contributed by atoms with Crippen LogP contribution >= 0.6 is 0 Å². The molecule has 2 unspecified atom stereocenters. The van der Waals surface area contributed by atoms with Crippen molar-refractivity contribution in [1.29, 1.82) is 0 Å². The van der Waals surface area contributed by atoms with E-state index in [1.807, 2.05) is 0 Å². The zero-order valence-electron chi connectivity index (χ0n) is 13.2. The molecule has 1 aromatic carbocycles. The first kappa shape index (κ1) is 16.5. The smallest absolute Gasteiger partial charge is 0.306 e. The Labute approximate surface area is 131 Å². The van der Waals surface area contributed by atoms with Gasteiger partial charge in [-0.3, -0.25) is 9.59 Å². The second-order valence-corrected chi connectivity index (χ2v) is 6.11. The molecule has 1 aliphatic rings. The van der Waals surface area contributed by atoms with Gasteiger partial charge in [0.05, 0.1) is 5.92 Å². The number of benzene rings is 1. The number of rotatable bonds is 6. The Balaban J connectivity index is 1.76. The van der Waals surface area contributed by atoms with Gasteiger partial charge in [0.2, 0.25) is 5.91 Å². The lowest BCUT2D eigenvalue weighted by Crippen LogP contribution is -2.36. The molecule has 0 saturated heterocycles. The van der Waals surface area contributed by atoms with E-state index in [0.717, 1.165) is 25.7 Å². The zero-order chi connectivity index (χ0) is 15.9. The summed E-state index contributed by atoms with van der Waals surface area (Å²) in [7, 11) is 0. The van der Waals surface area contributed by atoms with Crippen molar-refractivity contribution in [2.24, 2.45) is 11.8 Å². The topological polar surface area (TPSA) is 66.4 Å². The highest BCUT2D eigenvalue weighted by Crippen LogP contribution is 2.29. The quantitative estimate of drug-likeness (QED) is 0.849. The van der Waals surface area contributed by atoms with E-state index in [1.54, 1.807) is 0 Å². The Bertz CT molecular complexity index is 510. The maximum absolute atomic E-state index is 12.2. The number of carboxylic acids is 1. The SMILES string of the molecule is CCc1ccc(CCNC(=O)C2CCCC(C(=O)O)C2)cc1. The van der Waals surface area contributed by atoms with Gasteiger partial charge in [-0.2, -0.15) is 0 Å². The highest BCUT2D eigenvalue weighted by atomic mass is 16.4. The van der Waals surface area contributed by atoms with E-state index in [-0.39, 0.29) is 17.7 Å². The summed E-state index contributed by atoms with van der Waals surface area (Å²) in [5.41, 5.74) is 2.53. The van der Waals surface area contributed by atoms with Gasteiger partial charge in [-0.25, -0.2) is 0 Å². The molecule has 1 aromatic rings. The van der Waals surface area contributed by atoms with E-state index in [0.29, 0.717) is 19.4 Å². The molecule has 2 N–H and O–H groups in total. The number of carboxylic acid groups (broad SMARTS) is 1. The third-order valence-electron chi connectivity index (χ3n) is 4.54. The summed E-state index contributed by atoms with van der Waals surface area (Å²) in [6.07, 6.45) is 4.65. The first-order valence-corrected chi connectivity index (χ1v) is 8.18. The van der Waals surface area contributed by atoms with E-state index in [9.17, 15) is 9.59 Å². The highest BCUT2D eigenvalue weighted by Gasteiger charge is 2.30. The van der Waals surface area contributed by atoms with Gasteiger partial charge in [0.1, 0.15) is 0 Å². The van der Waals surface area contributed by atoms with Crippen molar-refractivity contribution in [2.45, 2.75) is 45.4 Å². The van der Waals surface area contributed by atoms with Gasteiger partial charge in [-0.05, 0) is 43.2 Å². The lowest BCUT2D eigenvalue weighted by Gasteiger charge is -2.25. The monoisotopic (exact) mass is 303 g/mol. The molecule has 2 atom stereocenters. The van der Waals surface area contributed by atoms with Crippen molar-refractivity contribution >= 4 is 11.9 Å².